The third-order valence-electron chi connectivity index (χ3n) is 4.08. The summed E-state index contributed by atoms with van der Waals surface area (Å²) in [4.78, 5) is 29.2. The Kier molecular flexibility index (Phi) is 6.01. The quantitative estimate of drug-likeness (QED) is 0.673. The Bertz CT molecular complexity index is 1000. The lowest BCUT2D eigenvalue weighted by Crippen LogP contribution is -2.17. The maximum absolute atomic E-state index is 12.6. The SMILES string of the molecule is CCOc1ccccc1NC(=O)c1ccnc(C(=O)Nc2ccccc2C)c1. The minimum absolute atomic E-state index is 0.161. The van der Waals surface area contributed by atoms with Crippen molar-refractivity contribution in [2.45, 2.75) is 13.8 Å². The minimum Gasteiger partial charge on any atom is -0.492 e. The van der Waals surface area contributed by atoms with Crippen LogP contribution in [0.15, 0.2) is 66.9 Å². The molecule has 0 atom stereocenters. The second kappa shape index (κ2) is 8.81. The molecular weight excluding hydrogens is 354 g/mol. The number of para-hydroxylation sites is 3. The third-order valence-corrected chi connectivity index (χ3v) is 4.08. The molecule has 1 aromatic heterocycles. The smallest absolute Gasteiger partial charge is 0.274 e. The molecule has 3 aromatic rings. The van der Waals surface area contributed by atoms with Gasteiger partial charge in [0, 0.05) is 17.4 Å². The van der Waals surface area contributed by atoms with Crippen molar-refractivity contribution in [2.24, 2.45) is 0 Å². The highest BCUT2D eigenvalue weighted by molar-refractivity contribution is 6.08. The Morgan fingerprint density at radius 3 is 2.36 bits per heavy atom. The summed E-state index contributed by atoms with van der Waals surface area (Å²) in [5.41, 5.74) is 2.70. The lowest BCUT2D eigenvalue weighted by molar-refractivity contribution is 0.102. The summed E-state index contributed by atoms with van der Waals surface area (Å²) in [6, 6.07) is 17.7. The standard InChI is InChI=1S/C22H21N3O3/c1-3-28-20-11-7-6-10-18(20)25-21(26)16-12-13-23-19(14-16)22(27)24-17-9-5-4-8-15(17)2/h4-14H,3H2,1-2H3,(H,24,27)(H,25,26). The largest absolute Gasteiger partial charge is 0.492 e. The lowest BCUT2D eigenvalue weighted by atomic mass is 10.1. The van der Waals surface area contributed by atoms with Gasteiger partial charge in [-0.15, -0.1) is 0 Å². The maximum Gasteiger partial charge on any atom is 0.274 e. The van der Waals surface area contributed by atoms with E-state index in [9.17, 15) is 9.59 Å². The zero-order valence-corrected chi connectivity index (χ0v) is 15.7. The number of nitrogens with zero attached hydrogens (tertiary/aromatic N) is 1. The van der Waals surface area contributed by atoms with Gasteiger partial charge >= 0.3 is 0 Å². The fraction of sp³-hybridized carbons (Fsp3) is 0.136. The topological polar surface area (TPSA) is 80.3 Å². The van der Waals surface area contributed by atoms with Gasteiger partial charge in [0.2, 0.25) is 0 Å². The highest BCUT2D eigenvalue weighted by Gasteiger charge is 2.14. The molecule has 0 fully saturated rings. The second-order valence-electron chi connectivity index (χ2n) is 6.08. The maximum atomic E-state index is 12.6. The van der Waals surface area contributed by atoms with Gasteiger partial charge in [-0.3, -0.25) is 14.6 Å². The average molecular weight is 375 g/mol. The van der Waals surface area contributed by atoms with Gasteiger partial charge in [-0.05, 0) is 49.7 Å². The Morgan fingerprint density at radius 2 is 1.61 bits per heavy atom. The molecule has 142 valence electrons. The molecule has 0 saturated carbocycles. The van der Waals surface area contributed by atoms with E-state index < -0.39 is 0 Å². The summed E-state index contributed by atoms with van der Waals surface area (Å²) in [7, 11) is 0. The Morgan fingerprint density at radius 1 is 0.929 bits per heavy atom. The molecule has 2 amide bonds. The van der Waals surface area contributed by atoms with Crippen LogP contribution in [0.4, 0.5) is 11.4 Å². The van der Waals surface area contributed by atoms with Gasteiger partial charge in [-0.2, -0.15) is 0 Å². The molecule has 0 bridgehead atoms. The van der Waals surface area contributed by atoms with Crippen LogP contribution in [0.1, 0.15) is 33.3 Å². The van der Waals surface area contributed by atoms with Crippen LogP contribution in [0.25, 0.3) is 0 Å². The predicted molar refractivity (Wildman–Crippen MR) is 109 cm³/mol. The van der Waals surface area contributed by atoms with E-state index in [0.717, 1.165) is 5.56 Å². The number of hydrogen-bond acceptors (Lipinski definition) is 4. The highest BCUT2D eigenvalue weighted by atomic mass is 16.5. The van der Waals surface area contributed by atoms with Crippen LogP contribution in [0.5, 0.6) is 5.75 Å². The summed E-state index contributed by atoms with van der Waals surface area (Å²) >= 11 is 0. The molecule has 3 rings (SSSR count). The molecule has 6 heteroatoms. The first kappa shape index (κ1) is 19.1. The Hall–Kier alpha value is -3.67. The number of ether oxygens (including phenoxy) is 1. The van der Waals surface area contributed by atoms with Gasteiger partial charge in [0.1, 0.15) is 11.4 Å². The van der Waals surface area contributed by atoms with E-state index in [1.807, 2.05) is 50.2 Å². The number of aromatic nitrogens is 1. The van der Waals surface area contributed by atoms with Crippen LogP contribution >= 0.6 is 0 Å². The molecule has 0 spiro atoms. The van der Waals surface area contributed by atoms with E-state index in [1.165, 1.54) is 12.3 Å². The first-order chi connectivity index (χ1) is 13.6. The van der Waals surface area contributed by atoms with Crippen LogP contribution in [0.2, 0.25) is 0 Å². The van der Waals surface area contributed by atoms with Crippen molar-refractivity contribution >= 4 is 23.2 Å². The van der Waals surface area contributed by atoms with Gasteiger partial charge in [-0.25, -0.2) is 0 Å². The number of rotatable bonds is 6. The van der Waals surface area contributed by atoms with Crippen LogP contribution in [0, 0.1) is 6.92 Å². The molecule has 0 aliphatic rings. The fourth-order valence-electron chi connectivity index (χ4n) is 2.64. The van der Waals surface area contributed by atoms with Gasteiger partial charge in [0.05, 0.1) is 12.3 Å². The zero-order chi connectivity index (χ0) is 19.9. The zero-order valence-electron chi connectivity index (χ0n) is 15.7. The van der Waals surface area contributed by atoms with Gasteiger partial charge in [0.15, 0.2) is 0 Å². The first-order valence-electron chi connectivity index (χ1n) is 8.94. The van der Waals surface area contributed by atoms with Crippen LogP contribution in [0.3, 0.4) is 0 Å². The summed E-state index contributed by atoms with van der Waals surface area (Å²) in [5.74, 6) is -0.136. The molecule has 6 nitrogen and oxygen atoms in total. The summed E-state index contributed by atoms with van der Waals surface area (Å²) < 4.78 is 5.52. The molecule has 2 N–H and O–H groups in total. The van der Waals surface area contributed by atoms with Crippen molar-refractivity contribution in [2.75, 3.05) is 17.2 Å². The minimum atomic E-state index is -0.376. The van der Waals surface area contributed by atoms with E-state index in [4.69, 9.17) is 4.74 Å². The molecule has 1 heterocycles. The number of nitrogens with one attached hydrogen (secondary N) is 2. The number of pyridine rings is 1. The third kappa shape index (κ3) is 4.54. The van der Waals surface area contributed by atoms with Crippen LogP contribution in [-0.2, 0) is 0 Å². The van der Waals surface area contributed by atoms with Crippen molar-refractivity contribution in [3.63, 3.8) is 0 Å². The number of hydrogen-bond donors (Lipinski definition) is 2. The van der Waals surface area contributed by atoms with Gasteiger partial charge in [-0.1, -0.05) is 30.3 Å². The van der Waals surface area contributed by atoms with Crippen molar-refractivity contribution in [3.8, 4) is 5.75 Å². The fourth-order valence-corrected chi connectivity index (χ4v) is 2.64. The number of carbonyl (C=O) groups is 2. The van der Waals surface area contributed by atoms with E-state index in [2.05, 4.69) is 15.6 Å². The Labute approximate surface area is 163 Å². The number of benzene rings is 2. The van der Waals surface area contributed by atoms with Crippen molar-refractivity contribution in [3.05, 3.63) is 83.7 Å². The van der Waals surface area contributed by atoms with Crippen molar-refractivity contribution < 1.29 is 14.3 Å². The molecule has 0 aliphatic carbocycles. The van der Waals surface area contributed by atoms with Crippen molar-refractivity contribution in [1.29, 1.82) is 0 Å². The number of anilines is 2. The summed E-state index contributed by atoms with van der Waals surface area (Å²) in [6.07, 6.45) is 1.44. The highest BCUT2D eigenvalue weighted by Crippen LogP contribution is 2.24. The second-order valence-corrected chi connectivity index (χ2v) is 6.08. The number of amides is 2. The van der Waals surface area contributed by atoms with Gasteiger partial charge in [0.25, 0.3) is 11.8 Å². The molecule has 28 heavy (non-hydrogen) atoms. The van der Waals surface area contributed by atoms with Gasteiger partial charge < -0.3 is 15.4 Å². The first-order valence-corrected chi connectivity index (χ1v) is 8.94. The summed E-state index contributed by atoms with van der Waals surface area (Å²) in [6.45, 7) is 4.27. The average Bonchev–Trinajstić information content (AvgIpc) is 2.71. The molecule has 0 unspecified atom stereocenters. The molecule has 2 aromatic carbocycles. The van der Waals surface area contributed by atoms with Crippen molar-refractivity contribution in [1.82, 2.24) is 4.98 Å². The normalized spacial score (nSPS) is 10.2. The predicted octanol–water partition coefficient (Wildman–Crippen LogP) is 4.29. The number of carbonyl (C=O) groups excluding carboxylic acids is 2. The van der Waals surface area contributed by atoms with E-state index in [-0.39, 0.29) is 17.5 Å². The monoisotopic (exact) mass is 375 g/mol. The molecule has 0 saturated heterocycles. The molecule has 0 aliphatic heterocycles. The Balaban J connectivity index is 1.76. The lowest BCUT2D eigenvalue weighted by Gasteiger charge is -2.12. The number of aryl methyl sites for hydroxylation is 1. The van der Waals surface area contributed by atoms with E-state index in [1.54, 1.807) is 18.2 Å². The molecule has 0 radical (unpaired) electrons. The van der Waals surface area contributed by atoms with Crippen LogP contribution in [-0.4, -0.2) is 23.4 Å². The molecular formula is C22H21N3O3. The van der Waals surface area contributed by atoms with Crippen LogP contribution < -0.4 is 15.4 Å². The summed E-state index contributed by atoms with van der Waals surface area (Å²) in [5, 5.41) is 5.63. The van der Waals surface area contributed by atoms with E-state index >= 15 is 0 Å². The van der Waals surface area contributed by atoms with E-state index in [0.29, 0.717) is 29.3 Å².